The molecule has 0 aliphatic rings. The first kappa shape index (κ1) is 11.0. The number of carbonyl (C=O) groups is 2. The van der Waals surface area contributed by atoms with Crippen molar-refractivity contribution >= 4 is 11.9 Å². The minimum absolute atomic E-state index is 0.00635. The Bertz CT molecular complexity index is 322. The van der Waals surface area contributed by atoms with Gasteiger partial charge < -0.3 is 5.32 Å². The number of carbonyl (C=O) groups excluding carboxylic acids is 2. The van der Waals surface area contributed by atoms with Crippen LogP contribution in [0, 0.1) is 0 Å². The number of nitrogens with one attached hydrogen (secondary N) is 3. The highest BCUT2D eigenvalue weighted by Gasteiger charge is 2.04. The Kier molecular flexibility index (Phi) is 4.07. The second kappa shape index (κ2) is 5.58. The zero-order valence-electron chi connectivity index (χ0n) is 8.23. The van der Waals surface area contributed by atoms with Crippen LogP contribution in [0.1, 0.15) is 6.92 Å². The molecule has 0 radical (unpaired) electrons. The predicted molar refractivity (Wildman–Crippen MR) is 50.4 cm³/mol. The molecule has 0 aliphatic carbocycles. The summed E-state index contributed by atoms with van der Waals surface area (Å²) >= 11 is 0. The van der Waals surface area contributed by atoms with E-state index in [1.165, 1.54) is 17.3 Å². The lowest BCUT2D eigenvalue weighted by atomic mass is 10.6. The molecular formula is C7H12N6O2. The fourth-order valence-electron chi connectivity index (χ4n) is 0.832. The molecule has 0 aromatic carbocycles. The maximum atomic E-state index is 11.2. The first-order valence-electron chi connectivity index (χ1n) is 4.37. The summed E-state index contributed by atoms with van der Waals surface area (Å²) in [6.07, 6.45) is 2.73. The number of nitrogens with zero attached hydrogens (tertiary/aromatic N) is 3. The Labute approximate surface area is 86.0 Å². The number of rotatable bonds is 3. The van der Waals surface area contributed by atoms with Crippen LogP contribution in [0.15, 0.2) is 12.7 Å². The molecule has 3 N–H and O–H groups in total. The molecule has 8 nitrogen and oxygen atoms in total. The van der Waals surface area contributed by atoms with Gasteiger partial charge in [-0.1, -0.05) is 0 Å². The number of aromatic nitrogens is 3. The Balaban J connectivity index is 2.22. The number of urea groups is 1. The number of hydrazine groups is 1. The number of hydrogen-bond donors (Lipinski definition) is 3. The van der Waals surface area contributed by atoms with E-state index in [-0.39, 0.29) is 12.5 Å². The van der Waals surface area contributed by atoms with E-state index in [0.717, 1.165) is 0 Å². The van der Waals surface area contributed by atoms with Crippen molar-refractivity contribution in [1.82, 2.24) is 30.9 Å². The first-order valence-corrected chi connectivity index (χ1v) is 4.37. The minimum atomic E-state index is -0.454. The van der Waals surface area contributed by atoms with Crippen molar-refractivity contribution in [3.63, 3.8) is 0 Å². The van der Waals surface area contributed by atoms with Gasteiger partial charge in [0.15, 0.2) is 0 Å². The Hall–Kier alpha value is -2.12. The fraction of sp³-hybridized carbons (Fsp3) is 0.429. The molecule has 3 amide bonds. The molecule has 0 aliphatic heterocycles. The van der Waals surface area contributed by atoms with Gasteiger partial charge in [-0.2, -0.15) is 5.10 Å². The maximum Gasteiger partial charge on any atom is 0.333 e. The molecule has 1 aromatic rings. The molecule has 15 heavy (non-hydrogen) atoms. The van der Waals surface area contributed by atoms with Gasteiger partial charge in [-0.3, -0.25) is 10.2 Å². The minimum Gasteiger partial charge on any atom is -0.337 e. The summed E-state index contributed by atoms with van der Waals surface area (Å²) in [6.45, 7) is 2.27. The quantitative estimate of drug-likeness (QED) is 0.538. The van der Waals surface area contributed by atoms with Crippen molar-refractivity contribution in [2.24, 2.45) is 0 Å². The van der Waals surface area contributed by atoms with Crippen molar-refractivity contribution in [3.8, 4) is 0 Å². The van der Waals surface area contributed by atoms with Crippen LogP contribution < -0.4 is 16.2 Å². The third-order valence-corrected chi connectivity index (χ3v) is 1.42. The van der Waals surface area contributed by atoms with Crippen LogP contribution in [-0.2, 0) is 11.3 Å². The van der Waals surface area contributed by atoms with Gasteiger partial charge in [0.05, 0.1) is 0 Å². The molecule has 1 aromatic heterocycles. The van der Waals surface area contributed by atoms with Gasteiger partial charge in [-0.05, 0) is 6.92 Å². The first-order chi connectivity index (χ1) is 7.22. The zero-order valence-corrected chi connectivity index (χ0v) is 8.23. The van der Waals surface area contributed by atoms with E-state index in [2.05, 4.69) is 26.3 Å². The van der Waals surface area contributed by atoms with Gasteiger partial charge in [0, 0.05) is 6.54 Å². The number of hydrogen-bond acceptors (Lipinski definition) is 4. The van der Waals surface area contributed by atoms with E-state index in [9.17, 15) is 9.59 Å². The summed E-state index contributed by atoms with van der Waals surface area (Å²) in [6, 6.07) is -0.454. The smallest absolute Gasteiger partial charge is 0.333 e. The van der Waals surface area contributed by atoms with Crippen molar-refractivity contribution in [2.45, 2.75) is 13.5 Å². The van der Waals surface area contributed by atoms with E-state index in [0.29, 0.717) is 6.54 Å². The topological polar surface area (TPSA) is 101 Å². The van der Waals surface area contributed by atoms with Gasteiger partial charge in [0.25, 0.3) is 5.91 Å². The molecule has 0 bridgehead atoms. The van der Waals surface area contributed by atoms with Gasteiger partial charge in [-0.25, -0.2) is 19.9 Å². The molecule has 8 heteroatoms. The van der Waals surface area contributed by atoms with Crippen molar-refractivity contribution in [3.05, 3.63) is 12.7 Å². The van der Waals surface area contributed by atoms with Crippen molar-refractivity contribution in [2.75, 3.05) is 6.54 Å². The third-order valence-electron chi connectivity index (χ3n) is 1.42. The summed E-state index contributed by atoms with van der Waals surface area (Å²) < 4.78 is 1.34. The third kappa shape index (κ3) is 4.07. The highest BCUT2D eigenvalue weighted by Crippen LogP contribution is 1.78. The van der Waals surface area contributed by atoms with Gasteiger partial charge in [0.1, 0.15) is 19.2 Å². The summed E-state index contributed by atoms with van der Waals surface area (Å²) in [7, 11) is 0. The highest BCUT2D eigenvalue weighted by molar-refractivity contribution is 5.80. The fourth-order valence-corrected chi connectivity index (χ4v) is 0.832. The van der Waals surface area contributed by atoms with Crippen LogP contribution in [0.2, 0.25) is 0 Å². The number of amides is 3. The van der Waals surface area contributed by atoms with Crippen molar-refractivity contribution < 1.29 is 9.59 Å². The van der Waals surface area contributed by atoms with Crippen LogP contribution in [0.5, 0.6) is 0 Å². The van der Waals surface area contributed by atoms with E-state index < -0.39 is 6.03 Å². The Morgan fingerprint density at radius 2 is 2.20 bits per heavy atom. The second-order valence-corrected chi connectivity index (χ2v) is 2.63. The lowest BCUT2D eigenvalue weighted by Gasteiger charge is -2.07. The standard InChI is InChI=1S/C7H12N6O2/c1-2-9-7(15)12-11-6(14)3-13-5-8-4-10-13/h4-5H,2-3H2,1H3,(H,11,14)(H2,9,12,15). The molecule has 0 saturated heterocycles. The normalized spacial score (nSPS) is 9.40. The molecule has 82 valence electrons. The van der Waals surface area contributed by atoms with Gasteiger partial charge in [0.2, 0.25) is 0 Å². The molecule has 0 saturated carbocycles. The van der Waals surface area contributed by atoms with Crippen LogP contribution >= 0.6 is 0 Å². The summed E-state index contributed by atoms with van der Waals surface area (Å²) in [5.41, 5.74) is 4.40. The highest BCUT2D eigenvalue weighted by atomic mass is 16.2. The van der Waals surface area contributed by atoms with Crippen LogP contribution in [0.3, 0.4) is 0 Å². The Morgan fingerprint density at radius 1 is 1.40 bits per heavy atom. The van der Waals surface area contributed by atoms with E-state index in [4.69, 9.17) is 0 Å². The van der Waals surface area contributed by atoms with Crippen LogP contribution in [0.4, 0.5) is 4.79 Å². The van der Waals surface area contributed by atoms with Gasteiger partial charge in [-0.15, -0.1) is 0 Å². The average Bonchev–Trinajstić information content (AvgIpc) is 2.68. The van der Waals surface area contributed by atoms with Crippen molar-refractivity contribution in [1.29, 1.82) is 0 Å². The molecule has 0 unspecified atom stereocenters. The molecule has 0 spiro atoms. The zero-order chi connectivity index (χ0) is 11.1. The van der Waals surface area contributed by atoms with Gasteiger partial charge >= 0.3 is 6.03 Å². The SMILES string of the molecule is CCNC(=O)NNC(=O)Cn1cncn1. The average molecular weight is 212 g/mol. The summed E-state index contributed by atoms with van der Waals surface area (Å²) in [5, 5.41) is 6.20. The Morgan fingerprint density at radius 3 is 2.80 bits per heavy atom. The summed E-state index contributed by atoms with van der Waals surface area (Å²) in [5.74, 6) is -0.383. The van der Waals surface area contributed by atoms with Crippen LogP contribution in [-0.4, -0.2) is 33.2 Å². The maximum absolute atomic E-state index is 11.2. The molecule has 1 heterocycles. The largest absolute Gasteiger partial charge is 0.337 e. The lowest BCUT2D eigenvalue weighted by molar-refractivity contribution is -0.122. The monoisotopic (exact) mass is 212 g/mol. The van der Waals surface area contributed by atoms with E-state index in [1.807, 2.05) is 0 Å². The molecule has 1 rings (SSSR count). The molecule has 0 atom stereocenters. The lowest BCUT2D eigenvalue weighted by Crippen LogP contribution is -2.47. The van der Waals surface area contributed by atoms with E-state index >= 15 is 0 Å². The molecule has 0 fully saturated rings. The predicted octanol–water partition coefficient (Wildman–Crippen LogP) is -1.37. The van der Waals surface area contributed by atoms with E-state index in [1.54, 1.807) is 6.92 Å². The molecular weight excluding hydrogens is 200 g/mol. The summed E-state index contributed by atoms with van der Waals surface area (Å²) in [4.78, 5) is 25.7. The second-order valence-electron chi connectivity index (χ2n) is 2.63. The van der Waals surface area contributed by atoms with Crippen LogP contribution in [0.25, 0.3) is 0 Å².